The largest absolute Gasteiger partial charge is 0.301 e. The molecule has 0 fully saturated rings. The van der Waals surface area contributed by atoms with Crippen molar-refractivity contribution in [3.63, 3.8) is 0 Å². The zero-order chi connectivity index (χ0) is 9.80. The molecular formula is C13H11N. The van der Waals surface area contributed by atoms with Gasteiger partial charge in [0.25, 0.3) is 0 Å². The van der Waals surface area contributed by atoms with Crippen molar-refractivity contribution in [2.24, 2.45) is 0 Å². The molecule has 14 heavy (non-hydrogen) atoms. The minimum absolute atomic E-state index is 0.551. The number of hydrogen-bond acceptors (Lipinski definition) is 1. The summed E-state index contributed by atoms with van der Waals surface area (Å²) < 4.78 is 0. The predicted molar refractivity (Wildman–Crippen MR) is 60.4 cm³/mol. The van der Waals surface area contributed by atoms with Gasteiger partial charge in [-0.3, -0.25) is 0 Å². The normalized spacial score (nSPS) is 14.6. The van der Waals surface area contributed by atoms with Crippen molar-refractivity contribution in [3.05, 3.63) is 65.8 Å². The second-order valence-corrected chi connectivity index (χ2v) is 3.18. The molecule has 1 heteroatoms. The summed E-state index contributed by atoms with van der Waals surface area (Å²) in [6.45, 7) is 0. The minimum atomic E-state index is 0.551. The Morgan fingerprint density at radius 1 is 0.857 bits per heavy atom. The molecule has 0 spiro atoms. The molecule has 0 heterocycles. The van der Waals surface area contributed by atoms with Gasteiger partial charge in [0.2, 0.25) is 0 Å². The van der Waals surface area contributed by atoms with Gasteiger partial charge < -0.3 is 5.41 Å². The van der Waals surface area contributed by atoms with Crippen LogP contribution < -0.4 is 0 Å². The molecule has 1 aliphatic carbocycles. The maximum absolute atomic E-state index is 7.36. The zero-order valence-electron chi connectivity index (χ0n) is 7.77. The van der Waals surface area contributed by atoms with E-state index >= 15 is 0 Å². The van der Waals surface area contributed by atoms with Crippen LogP contribution in [0.3, 0.4) is 0 Å². The second-order valence-electron chi connectivity index (χ2n) is 3.18. The van der Waals surface area contributed by atoms with Crippen molar-refractivity contribution >= 4 is 11.8 Å². The molecule has 68 valence electrons. The van der Waals surface area contributed by atoms with Crippen LogP contribution in [0.4, 0.5) is 0 Å². The lowest BCUT2D eigenvalue weighted by Crippen LogP contribution is -1.89. The molecule has 1 aliphatic rings. The third-order valence-corrected chi connectivity index (χ3v) is 2.04. The first kappa shape index (κ1) is 8.70. The van der Waals surface area contributed by atoms with Crippen molar-refractivity contribution < 1.29 is 0 Å². The Balaban J connectivity index is 2.25. The van der Waals surface area contributed by atoms with Crippen molar-refractivity contribution in [2.75, 3.05) is 0 Å². The average molecular weight is 181 g/mol. The standard InChI is InChI=1S/C13H11N/c14-13-8-6-12(7-9-13)10-11-4-2-1-3-5-11/h1-10,14H. The first-order valence-corrected chi connectivity index (χ1v) is 4.56. The zero-order valence-corrected chi connectivity index (χ0v) is 7.77. The summed E-state index contributed by atoms with van der Waals surface area (Å²) >= 11 is 0. The van der Waals surface area contributed by atoms with Crippen LogP contribution in [0.1, 0.15) is 5.56 Å². The minimum Gasteiger partial charge on any atom is -0.301 e. The molecule has 0 radical (unpaired) electrons. The Bertz CT molecular complexity index is 404. The fourth-order valence-electron chi connectivity index (χ4n) is 1.32. The van der Waals surface area contributed by atoms with Gasteiger partial charge in [-0.1, -0.05) is 42.5 Å². The van der Waals surface area contributed by atoms with Gasteiger partial charge in [-0.05, 0) is 29.4 Å². The molecular weight excluding hydrogens is 170 g/mol. The van der Waals surface area contributed by atoms with E-state index in [1.807, 2.05) is 30.4 Å². The SMILES string of the molecule is N=C1C=CC(=Cc2ccccc2)C=C1. The quantitative estimate of drug-likeness (QED) is 0.687. The van der Waals surface area contributed by atoms with E-state index in [-0.39, 0.29) is 0 Å². The summed E-state index contributed by atoms with van der Waals surface area (Å²) in [5, 5.41) is 7.36. The highest BCUT2D eigenvalue weighted by Gasteiger charge is 1.95. The van der Waals surface area contributed by atoms with Crippen LogP contribution >= 0.6 is 0 Å². The highest BCUT2D eigenvalue weighted by atomic mass is 14.4. The molecule has 0 bridgehead atoms. The third-order valence-electron chi connectivity index (χ3n) is 2.04. The van der Waals surface area contributed by atoms with Gasteiger partial charge in [0.05, 0.1) is 5.71 Å². The van der Waals surface area contributed by atoms with Gasteiger partial charge in [-0.2, -0.15) is 0 Å². The molecule has 1 nitrogen and oxygen atoms in total. The van der Waals surface area contributed by atoms with Gasteiger partial charge >= 0.3 is 0 Å². The summed E-state index contributed by atoms with van der Waals surface area (Å²) in [6, 6.07) is 10.2. The summed E-state index contributed by atoms with van der Waals surface area (Å²) in [7, 11) is 0. The molecule has 1 aromatic rings. The van der Waals surface area contributed by atoms with Crippen LogP contribution in [-0.4, -0.2) is 5.71 Å². The van der Waals surface area contributed by atoms with E-state index in [9.17, 15) is 0 Å². The number of hydrogen-bond donors (Lipinski definition) is 1. The van der Waals surface area contributed by atoms with Crippen molar-refractivity contribution in [3.8, 4) is 0 Å². The number of rotatable bonds is 1. The first-order valence-electron chi connectivity index (χ1n) is 4.56. The number of allylic oxidation sites excluding steroid dienone is 5. The second kappa shape index (κ2) is 3.88. The lowest BCUT2D eigenvalue weighted by molar-refractivity contribution is 1.51. The van der Waals surface area contributed by atoms with Gasteiger partial charge in [-0.15, -0.1) is 0 Å². The van der Waals surface area contributed by atoms with Gasteiger partial charge in [-0.25, -0.2) is 0 Å². The fraction of sp³-hybridized carbons (Fsp3) is 0. The smallest absolute Gasteiger partial charge is 0.0540 e. The molecule has 0 atom stereocenters. The Kier molecular flexibility index (Phi) is 2.41. The van der Waals surface area contributed by atoms with Crippen LogP contribution in [0.25, 0.3) is 6.08 Å². The molecule has 0 amide bonds. The summed E-state index contributed by atoms with van der Waals surface area (Å²) in [5.74, 6) is 0. The molecule has 0 aliphatic heterocycles. The fourth-order valence-corrected chi connectivity index (χ4v) is 1.32. The molecule has 0 aromatic heterocycles. The van der Waals surface area contributed by atoms with E-state index in [1.165, 1.54) is 5.56 Å². The van der Waals surface area contributed by atoms with Crippen LogP contribution in [-0.2, 0) is 0 Å². The summed E-state index contributed by atoms with van der Waals surface area (Å²) in [4.78, 5) is 0. The Morgan fingerprint density at radius 3 is 2.14 bits per heavy atom. The van der Waals surface area contributed by atoms with Crippen molar-refractivity contribution in [1.82, 2.24) is 0 Å². The monoisotopic (exact) mass is 181 g/mol. The van der Waals surface area contributed by atoms with Crippen LogP contribution in [0.2, 0.25) is 0 Å². The van der Waals surface area contributed by atoms with E-state index in [0.29, 0.717) is 5.71 Å². The highest BCUT2D eigenvalue weighted by Crippen LogP contribution is 2.11. The van der Waals surface area contributed by atoms with E-state index in [2.05, 4.69) is 18.2 Å². The van der Waals surface area contributed by atoms with Crippen LogP contribution in [0.5, 0.6) is 0 Å². The Hall–Kier alpha value is -1.89. The van der Waals surface area contributed by atoms with E-state index in [0.717, 1.165) is 5.57 Å². The van der Waals surface area contributed by atoms with E-state index in [4.69, 9.17) is 5.41 Å². The van der Waals surface area contributed by atoms with E-state index in [1.54, 1.807) is 12.2 Å². The van der Waals surface area contributed by atoms with Gasteiger partial charge in [0.15, 0.2) is 0 Å². The molecule has 0 saturated heterocycles. The molecule has 0 unspecified atom stereocenters. The number of nitrogens with one attached hydrogen (secondary N) is 1. The summed E-state index contributed by atoms with van der Waals surface area (Å²) in [6.07, 6.45) is 9.60. The van der Waals surface area contributed by atoms with Crippen LogP contribution in [0, 0.1) is 5.41 Å². The van der Waals surface area contributed by atoms with Gasteiger partial charge in [0, 0.05) is 0 Å². The first-order chi connectivity index (χ1) is 6.84. The Morgan fingerprint density at radius 2 is 1.50 bits per heavy atom. The topological polar surface area (TPSA) is 23.9 Å². The van der Waals surface area contributed by atoms with Crippen LogP contribution in [0.15, 0.2) is 60.2 Å². The van der Waals surface area contributed by atoms with Gasteiger partial charge in [0.1, 0.15) is 0 Å². The third kappa shape index (κ3) is 2.07. The average Bonchev–Trinajstić information content (AvgIpc) is 2.23. The van der Waals surface area contributed by atoms with Crippen molar-refractivity contribution in [1.29, 1.82) is 5.41 Å². The molecule has 1 aromatic carbocycles. The lowest BCUT2D eigenvalue weighted by Gasteiger charge is -2.00. The molecule has 1 N–H and O–H groups in total. The van der Waals surface area contributed by atoms with Crippen molar-refractivity contribution in [2.45, 2.75) is 0 Å². The summed E-state index contributed by atoms with van der Waals surface area (Å²) in [5.41, 5.74) is 2.87. The predicted octanol–water partition coefficient (Wildman–Crippen LogP) is 3.22. The Labute approximate surface area is 83.6 Å². The lowest BCUT2D eigenvalue weighted by atomic mass is 10.1. The van der Waals surface area contributed by atoms with E-state index < -0.39 is 0 Å². The maximum atomic E-state index is 7.36. The molecule has 2 rings (SSSR count). The maximum Gasteiger partial charge on any atom is 0.0540 e. The molecule has 0 saturated carbocycles. The number of benzene rings is 1. The highest BCUT2D eigenvalue weighted by molar-refractivity contribution is 6.04.